The maximum absolute atomic E-state index is 10.7. The summed E-state index contributed by atoms with van der Waals surface area (Å²) in [6.45, 7) is 1.60. The molecule has 1 aromatic rings. The highest BCUT2D eigenvalue weighted by atomic mass is 16.5. The van der Waals surface area contributed by atoms with Crippen LogP contribution in [0.5, 0.6) is 5.88 Å². The van der Waals surface area contributed by atoms with E-state index in [0.717, 1.165) is 0 Å². The predicted molar refractivity (Wildman–Crippen MR) is 48.5 cm³/mol. The lowest BCUT2D eigenvalue weighted by atomic mass is 10.2. The summed E-state index contributed by atoms with van der Waals surface area (Å²) in [5, 5.41) is 17.3. The minimum atomic E-state index is -1.09. The van der Waals surface area contributed by atoms with Crippen molar-refractivity contribution in [1.29, 1.82) is 0 Å². The van der Waals surface area contributed by atoms with E-state index >= 15 is 0 Å². The normalized spacial score (nSPS) is 9.86. The molecule has 0 saturated heterocycles. The molecule has 1 aromatic heterocycles. The molecule has 76 valence electrons. The monoisotopic (exact) mass is 197 g/mol. The van der Waals surface area contributed by atoms with E-state index in [0.29, 0.717) is 5.69 Å². The summed E-state index contributed by atoms with van der Waals surface area (Å²) in [5.41, 5.74) is 0.673. The van der Waals surface area contributed by atoms with Gasteiger partial charge in [-0.3, -0.25) is 0 Å². The largest absolute Gasteiger partial charge is 0.477 e. The number of carboxylic acid groups (broad SMARTS) is 1. The highest BCUT2D eigenvalue weighted by molar-refractivity contribution is 5.90. The molecule has 0 amide bonds. The lowest BCUT2D eigenvalue weighted by molar-refractivity contribution is 0.0689. The number of aryl methyl sites for hydroxylation is 1. The van der Waals surface area contributed by atoms with Gasteiger partial charge in [0.05, 0.1) is 6.61 Å². The third-order valence-electron chi connectivity index (χ3n) is 1.56. The number of ether oxygens (including phenoxy) is 1. The van der Waals surface area contributed by atoms with Crippen molar-refractivity contribution in [3.05, 3.63) is 23.4 Å². The van der Waals surface area contributed by atoms with Crippen LogP contribution < -0.4 is 4.74 Å². The number of carboxylic acids is 1. The zero-order valence-corrected chi connectivity index (χ0v) is 7.73. The van der Waals surface area contributed by atoms with E-state index in [2.05, 4.69) is 4.98 Å². The van der Waals surface area contributed by atoms with Gasteiger partial charge in [-0.05, 0) is 19.1 Å². The SMILES string of the molecule is Cc1ccc(C(=O)O)c(OCCO)n1. The van der Waals surface area contributed by atoms with Gasteiger partial charge in [-0.15, -0.1) is 0 Å². The Morgan fingerprint density at radius 3 is 2.86 bits per heavy atom. The minimum absolute atomic E-state index is 0.00375. The van der Waals surface area contributed by atoms with Gasteiger partial charge >= 0.3 is 5.97 Å². The van der Waals surface area contributed by atoms with Crippen molar-refractivity contribution in [2.45, 2.75) is 6.92 Å². The summed E-state index contributed by atoms with van der Waals surface area (Å²) >= 11 is 0. The Kier molecular flexibility index (Phi) is 3.41. The van der Waals surface area contributed by atoms with Crippen molar-refractivity contribution in [2.24, 2.45) is 0 Å². The lowest BCUT2D eigenvalue weighted by Crippen LogP contribution is -2.09. The van der Waals surface area contributed by atoms with Gasteiger partial charge in [-0.25, -0.2) is 9.78 Å². The first-order chi connectivity index (χ1) is 6.65. The zero-order valence-electron chi connectivity index (χ0n) is 7.73. The summed E-state index contributed by atoms with van der Waals surface area (Å²) in [6, 6.07) is 3.02. The van der Waals surface area contributed by atoms with Gasteiger partial charge in [0.15, 0.2) is 0 Å². The second kappa shape index (κ2) is 4.57. The summed E-state index contributed by atoms with van der Waals surface area (Å²) in [5.74, 6) is -1.04. The Bertz CT molecular complexity index is 338. The first-order valence-corrected chi connectivity index (χ1v) is 4.09. The maximum Gasteiger partial charge on any atom is 0.341 e. The highest BCUT2D eigenvalue weighted by Crippen LogP contribution is 2.15. The lowest BCUT2D eigenvalue weighted by Gasteiger charge is -2.06. The molecule has 0 spiro atoms. The smallest absolute Gasteiger partial charge is 0.341 e. The molecule has 1 rings (SSSR count). The Morgan fingerprint density at radius 1 is 1.57 bits per heavy atom. The van der Waals surface area contributed by atoms with Crippen LogP contribution >= 0.6 is 0 Å². The summed E-state index contributed by atoms with van der Waals surface area (Å²) < 4.78 is 4.99. The van der Waals surface area contributed by atoms with E-state index in [1.165, 1.54) is 6.07 Å². The van der Waals surface area contributed by atoms with Crippen LogP contribution in [-0.2, 0) is 0 Å². The number of hydrogen-bond acceptors (Lipinski definition) is 4. The van der Waals surface area contributed by atoms with Crippen LogP contribution in [0.25, 0.3) is 0 Å². The minimum Gasteiger partial charge on any atom is -0.477 e. The van der Waals surface area contributed by atoms with Crippen LogP contribution in [0.1, 0.15) is 16.1 Å². The van der Waals surface area contributed by atoms with E-state index in [1.807, 2.05) is 0 Å². The molecule has 1 heterocycles. The fourth-order valence-electron chi connectivity index (χ4n) is 0.948. The second-order valence-electron chi connectivity index (χ2n) is 2.68. The van der Waals surface area contributed by atoms with Gasteiger partial charge in [-0.2, -0.15) is 0 Å². The molecule has 14 heavy (non-hydrogen) atoms. The van der Waals surface area contributed by atoms with Crippen molar-refractivity contribution in [3.63, 3.8) is 0 Å². The van der Waals surface area contributed by atoms with Crippen molar-refractivity contribution in [3.8, 4) is 5.88 Å². The molecular weight excluding hydrogens is 186 g/mol. The predicted octanol–water partition coefficient (Wildman–Crippen LogP) is 0.459. The van der Waals surface area contributed by atoms with Crippen molar-refractivity contribution in [1.82, 2.24) is 4.98 Å². The molecule has 0 aromatic carbocycles. The average Bonchev–Trinajstić information content (AvgIpc) is 2.14. The quantitative estimate of drug-likeness (QED) is 0.733. The molecule has 0 unspecified atom stereocenters. The van der Waals surface area contributed by atoms with Crippen LogP contribution in [0.15, 0.2) is 12.1 Å². The third kappa shape index (κ3) is 2.43. The third-order valence-corrected chi connectivity index (χ3v) is 1.56. The number of aromatic nitrogens is 1. The van der Waals surface area contributed by atoms with Crippen molar-refractivity contribution in [2.75, 3.05) is 13.2 Å². The first kappa shape index (κ1) is 10.5. The molecular formula is C9H11NO4. The number of aromatic carboxylic acids is 1. The molecule has 0 aliphatic rings. The van der Waals surface area contributed by atoms with Crippen LogP contribution in [0, 0.1) is 6.92 Å². The van der Waals surface area contributed by atoms with Gasteiger partial charge in [0.25, 0.3) is 0 Å². The van der Waals surface area contributed by atoms with E-state index in [-0.39, 0.29) is 24.7 Å². The van der Waals surface area contributed by atoms with Gasteiger partial charge in [0.2, 0.25) is 5.88 Å². The highest BCUT2D eigenvalue weighted by Gasteiger charge is 2.12. The number of carbonyl (C=O) groups is 1. The molecule has 0 saturated carbocycles. The molecule has 0 atom stereocenters. The van der Waals surface area contributed by atoms with Gasteiger partial charge in [-0.1, -0.05) is 0 Å². The molecule has 5 nitrogen and oxygen atoms in total. The summed E-state index contributed by atoms with van der Waals surface area (Å²) in [6.07, 6.45) is 0. The first-order valence-electron chi connectivity index (χ1n) is 4.09. The van der Waals surface area contributed by atoms with Crippen molar-refractivity contribution >= 4 is 5.97 Å². The van der Waals surface area contributed by atoms with E-state index < -0.39 is 5.97 Å². The van der Waals surface area contributed by atoms with Gasteiger partial charge in [0, 0.05) is 5.69 Å². The number of rotatable bonds is 4. The second-order valence-corrected chi connectivity index (χ2v) is 2.68. The Labute approximate surface area is 81.0 Å². The fourth-order valence-corrected chi connectivity index (χ4v) is 0.948. The summed E-state index contributed by atoms with van der Waals surface area (Å²) in [4.78, 5) is 14.6. The van der Waals surface area contributed by atoms with Crippen LogP contribution in [0.4, 0.5) is 0 Å². The zero-order chi connectivity index (χ0) is 10.6. The van der Waals surface area contributed by atoms with Crippen LogP contribution in [0.2, 0.25) is 0 Å². The van der Waals surface area contributed by atoms with Crippen LogP contribution in [-0.4, -0.2) is 34.4 Å². The van der Waals surface area contributed by atoms with Gasteiger partial charge in [0.1, 0.15) is 12.2 Å². The topological polar surface area (TPSA) is 79.7 Å². The molecule has 0 radical (unpaired) electrons. The summed E-state index contributed by atoms with van der Waals surface area (Å²) in [7, 11) is 0. The van der Waals surface area contributed by atoms with E-state index in [1.54, 1.807) is 13.0 Å². The average molecular weight is 197 g/mol. The number of aliphatic hydroxyl groups is 1. The van der Waals surface area contributed by atoms with Crippen LogP contribution in [0.3, 0.4) is 0 Å². The Hall–Kier alpha value is -1.62. The van der Waals surface area contributed by atoms with E-state index in [9.17, 15) is 4.79 Å². The molecule has 0 aliphatic carbocycles. The van der Waals surface area contributed by atoms with Crippen molar-refractivity contribution < 1.29 is 19.7 Å². The Balaban J connectivity index is 2.97. The number of hydrogen-bond donors (Lipinski definition) is 2. The van der Waals surface area contributed by atoms with Gasteiger partial charge < -0.3 is 14.9 Å². The Morgan fingerprint density at radius 2 is 2.29 bits per heavy atom. The molecule has 0 aliphatic heterocycles. The molecule has 5 heteroatoms. The number of pyridine rings is 1. The standard InChI is InChI=1S/C9H11NO4/c1-6-2-3-7(9(12)13)8(10-6)14-5-4-11/h2-3,11H,4-5H2,1H3,(H,12,13). The number of nitrogens with zero attached hydrogens (tertiary/aromatic N) is 1. The van der Waals surface area contributed by atoms with E-state index in [4.69, 9.17) is 14.9 Å². The molecule has 2 N–H and O–H groups in total. The molecule has 0 bridgehead atoms. The molecule has 0 fully saturated rings. The maximum atomic E-state index is 10.7. The fraction of sp³-hybridized carbons (Fsp3) is 0.333. The number of aliphatic hydroxyl groups excluding tert-OH is 1.